The lowest BCUT2D eigenvalue weighted by Gasteiger charge is -2.18. The lowest BCUT2D eigenvalue weighted by Crippen LogP contribution is -2.32. The Morgan fingerprint density at radius 1 is 1.12 bits per heavy atom. The Bertz CT molecular complexity index is 717. The van der Waals surface area contributed by atoms with Gasteiger partial charge in [-0.15, -0.1) is 0 Å². The average Bonchev–Trinajstić information content (AvgIpc) is 3.03. The van der Waals surface area contributed by atoms with Crippen LogP contribution in [0.3, 0.4) is 0 Å². The van der Waals surface area contributed by atoms with Gasteiger partial charge in [0.15, 0.2) is 11.5 Å². The second kappa shape index (κ2) is 7.36. The lowest BCUT2D eigenvalue weighted by atomic mass is 10.1. The van der Waals surface area contributed by atoms with Crippen LogP contribution in [0.1, 0.15) is 23.7 Å². The van der Waals surface area contributed by atoms with Crippen molar-refractivity contribution in [2.75, 3.05) is 19.7 Å². The molecule has 1 aliphatic rings. The van der Waals surface area contributed by atoms with Gasteiger partial charge in [-0.3, -0.25) is 4.79 Å². The number of carbonyl (C=O) groups excluding carboxylic acids is 1. The quantitative estimate of drug-likeness (QED) is 0.917. The zero-order valence-electron chi connectivity index (χ0n) is 13.8. The highest BCUT2D eigenvalue weighted by Crippen LogP contribution is 2.33. The number of amides is 1. The first-order chi connectivity index (χ1) is 11.7. The minimum absolute atomic E-state index is 0.0487. The number of para-hydroxylation sites is 3. The van der Waals surface area contributed by atoms with Crippen LogP contribution in [0.4, 0.5) is 0 Å². The number of ether oxygens (including phenoxy) is 2. The van der Waals surface area contributed by atoms with E-state index in [-0.39, 0.29) is 11.9 Å². The van der Waals surface area contributed by atoms with Crippen LogP contribution in [-0.2, 0) is 0 Å². The minimum Gasteiger partial charge on any atom is -0.490 e. The number of rotatable bonds is 5. The van der Waals surface area contributed by atoms with Gasteiger partial charge in [-0.1, -0.05) is 24.3 Å². The predicted molar refractivity (Wildman–Crippen MR) is 92.6 cm³/mol. The van der Waals surface area contributed by atoms with Gasteiger partial charge < -0.3 is 20.1 Å². The summed E-state index contributed by atoms with van der Waals surface area (Å²) >= 11 is 0. The second-order valence-electron chi connectivity index (χ2n) is 5.78. The van der Waals surface area contributed by atoms with Crippen molar-refractivity contribution >= 4 is 5.91 Å². The molecule has 1 fully saturated rings. The lowest BCUT2D eigenvalue weighted by molar-refractivity contribution is 0.0788. The molecule has 0 aliphatic carbocycles. The van der Waals surface area contributed by atoms with E-state index in [2.05, 4.69) is 0 Å². The van der Waals surface area contributed by atoms with E-state index in [0.29, 0.717) is 42.5 Å². The first-order valence-electron chi connectivity index (χ1n) is 8.22. The number of nitrogens with zero attached hydrogens (tertiary/aromatic N) is 1. The van der Waals surface area contributed by atoms with E-state index in [0.717, 1.165) is 6.42 Å². The summed E-state index contributed by atoms with van der Waals surface area (Å²) in [5.74, 6) is 1.73. The summed E-state index contributed by atoms with van der Waals surface area (Å²) in [6.07, 6.45) is 0.835. The zero-order chi connectivity index (χ0) is 16.9. The highest BCUT2D eigenvalue weighted by Gasteiger charge is 2.26. The molecule has 3 rings (SSSR count). The van der Waals surface area contributed by atoms with Crippen molar-refractivity contribution in [3.63, 3.8) is 0 Å². The van der Waals surface area contributed by atoms with Gasteiger partial charge in [0, 0.05) is 19.1 Å². The van der Waals surface area contributed by atoms with Crippen LogP contribution in [-0.4, -0.2) is 36.5 Å². The SMILES string of the molecule is CCOc1ccccc1Oc1ccccc1C(=O)N1CCC(N)C1. The smallest absolute Gasteiger partial charge is 0.257 e. The van der Waals surface area contributed by atoms with E-state index in [4.69, 9.17) is 15.2 Å². The van der Waals surface area contributed by atoms with Gasteiger partial charge in [0.1, 0.15) is 5.75 Å². The van der Waals surface area contributed by atoms with Gasteiger partial charge in [-0.2, -0.15) is 0 Å². The number of likely N-dealkylation sites (tertiary alicyclic amines) is 1. The van der Waals surface area contributed by atoms with Gasteiger partial charge in [0.2, 0.25) is 0 Å². The summed E-state index contributed by atoms with van der Waals surface area (Å²) in [6.45, 7) is 3.74. The van der Waals surface area contributed by atoms with Crippen LogP contribution in [0.15, 0.2) is 48.5 Å². The summed E-state index contributed by atoms with van der Waals surface area (Å²) in [5.41, 5.74) is 6.45. The average molecular weight is 326 g/mol. The van der Waals surface area contributed by atoms with Gasteiger partial charge in [-0.25, -0.2) is 0 Å². The third kappa shape index (κ3) is 3.51. The molecule has 0 bridgehead atoms. The first-order valence-corrected chi connectivity index (χ1v) is 8.22. The topological polar surface area (TPSA) is 64.8 Å². The van der Waals surface area contributed by atoms with Crippen molar-refractivity contribution in [2.45, 2.75) is 19.4 Å². The van der Waals surface area contributed by atoms with Gasteiger partial charge in [0.05, 0.1) is 12.2 Å². The van der Waals surface area contributed by atoms with Crippen LogP contribution in [0.25, 0.3) is 0 Å². The third-order valence-electron chi connectivity index (χ3n) is 4.00. The Morgan fingerprint density at radius 2 is 1.79 bits per heavy atom. The Balaban J connectivity index is 1.86. The van der Waals surface area contributed by atoms with Crippen LogP contribution >= 0.6 is 0 Å². The molecule has 5 nitrogen and oxygen atoms in total. The summed E-state index contributed by atoms with van der Waals surface area (Å²) in [4.78, 5) is 14.6. The maximum atomic E-state index is 12.8. The normalized spacial score (nSPS) is 16.9. The van der Waals surface area contributed by atoms with Crippen molar-refractivity contribution in [1.29, 1.82) is 0 Å². The van der Waals surface area contributed by atoms with E-state index >= 15 is 0 Å². The van der Waals surface area contributed by atoms with Crippen molar-refractivity contribution in [3.05, 3.63) is 54.1 Å². The fourth-order valence-corrected chi connectivity index (χ4v) is 2.80. The van der Waals surface area contributed by atoms with Gasteiger partial charge in [-0.05, 0) is 37.6 Å². The number of benzene rings is 2. The molecule has 0 aromatic heterocycles. The van der Waals surface area contributed by atoms with Crippen LogP contribution in [0.2, 0.25) is 0 Å². The van der Waals surface area contributed by atoms with Crippen LogP contribution in [0, 0.1) is 0 Å². The summed E-state index contributed by atoms with van der Waals surface area (Å²) in [5, 5.41) is 0. The van der Waals surface area contributed by atoms with Crippen LogP contribution in [0.5, 0.6) is 17.2 Å². The molecule has 2 N–H and O–H groups in total. The molecule has 1 unspecified atom stereocenters. The molecule has 2 aromatic carbocycles. The van der Waals surface area contributed by atoms with E-state index in [1.165, 1.54) is 0 Å². The van der Waals surface area contributed by atoms with E-state index in [1.807, 2.05) is 43.3 Å². The second-order valence-corrected chi connectivity index (χ2v) is 5.78. The number of carbonyl (C=O) groups is 1. The molecule has 1 saturated heterocycles. The molecule has 24 heavy (non-hydrogen) atoms. The Labute approximate surface area is 142 Å². The Hall–Kier alpha value is -2.53. The highest BCUT2D eigenvalue weighted by atomic mass is 16.5. The van der Waals surface area contributed by atoms with Crippen molar-refractivity contribution in [1.82, 2.24) is 4.90 Å². The number of hydrogen-bond donors (Lipinski definition) is 1. The maximum Gasteiger partial charge on any atom is 0.257 e. The first kappa shape index (κ1) is 16.3. The molecule has 1 amide bonds. The largest absolute Gasteiger partial charge is 0.490 e. The maximum absolute atomic E-state index is 12.8. The molecule has 126 valence electrons. The highest BCUT2D eigenvalue weighted by molar-refractivity contribution is 5.97. The molecule has 0 saturated carbocycles. The molecule has 1 aliphatic heterocycles. The third-order valence-corrected chi connectivity index (χ3v) is 4.00. The fourth-order valence-electron chi connectivity index (χ4n) is 2.80. The van der Waals surface area contributed by atoms with Crippen molar-refractivity contribution < 1.29 is 14.3 Å². The molecule has 1 heterocycles. The van der Waals surface area contributed by atoms with Crippen LogP contribution < -0.4 is 15.2 Å². The van der Waals surface area contributed by atoms with E-state index in [1.54, 1.807) is 17.0 Å². The molecular weight excluding hydrogens is 304 g/mol. The standard InChI is InChI=1S/C19H22N2O3/c1-2-23-17-9-5-6-10-18(17)24-16-8-4-3-7-15(16)19(22)21-12-11-14(20)13-21/h3-10,14H,2,11-13,20H2,1H3. The molecule has 0 spiro atoms. The summed E-state index contributed by atoms with van der Waals surface area (Å²) in [6, 6.07) is 14.8. The molecule has 2 aromatic rings. The fraction of sp³-hybridized carbons (Fsp3) is 0.316. The predicted octanol–water partition coefficient (Wildman–Crippen LogP) is 3.05. The zero-order valence-corrected chi connectivity index (χ0v) is 13.8. The van der Waals surface area contributed by atoms with Crippen molar-refractivity contribution in [3.8, 4) is 17.2 Å². The Kier molecular flexibility index (Phi) is 5.01. The number of nitrogens with two attached hydrogens (primary N) is 1. The van der Waals surface area contributed by atoms with Crippen molar-refractivity contribution in [2.24, 2.45) is 5.73 Å². The van der Waals surface area contributed by atoms with Gasteiger partial charge >= 0.3 is 0 Å². The van der Waals surface area contributed by atoms with Gasteiger partial charge in [0.25, 0.3) is 5.91 Å². The molecule has 5 heteroatoms. The summed E-state index contributed by atoms with van der Waals surface area (Å²) in [7, 11) is 0. The molecule has 0 radical (unpaired) electrons. The monoisotopic (exact) mass is 326 g/mol. The summed E-state index contributed by atoms with van der Waals surface area (Å²) < 4.78 is 11.6. The minimum atomic E-state index is -0.0487. The molecular formula is C19H22N2O3. The number of hydrogen-bond acceptors (Lipinski definition) is 4. The van der Waals surface area contributed by atoms with E-state index in [9.17, 15) is 4.79 Å². The van der Waals surface area contributed by atoms with E-state index < -0.39 is 0 Å². The Morgan fingerprint density at radius 3 is 2.46 bits per heavy atom. The molecule has 1 atom stereocenters.